The third-order valence-corrected chi connectivity index (χ3v) is 2.35. The highest BCUT2D eigenvalue weighted by Gasteiger charge is 2.11. The van der Waals surface area contributed by atoms with Gasteiger partial charge >= 0.3 is 0 Å². The van der Waals surface area contributed by atoms with Crippen LogP contribution in [0.5, 0.6) is 5.75 Å². The second-order valence-corrected chi connectivity index (χ2v) is 3.52. The number of rotatable bonds is 3. The first kappa shape index (κ1) is 12.0. The fourth-order valence-electron chi connectivity index (χ4n) is 1.43. The number of carbonyl (C=O) groups is 1. The second kappa shape index (κ2) is 5.27. The highest BCUT2D eigenvalue weighted by Crippen LogP contribution is 2.16. The van der Waals surface area contributed by atoms with Gasteiger partial charge in [0.05, 0.1) is 12.7 Å². The number of ether oxygens (including phenoxy) is 1. The molecule has 0 bridgehead atoms. The lowest BCUT2D eigenvalue weighted by Crippen LogP contribution is -2.14. The van der Waals surface area contributed by atoms with Crippen molar-refractivity contribution in [1.82, 2.24) is 4.98 Å². The van der Waals surface area contributed by atoms with Gasteiger partial charge in [-0.1, -0.05) is 0 Å². The van der Waals surface area contributed by atoms with Crippen LogP contribution in [0.4, 0.5) is 10.1 Å². The van der Waals surface area contributed by atoms with Gasteiger partial charge in [0.1, 0.15) is 5.75 Å². The van der Waals surface area contributed by atoms with Crippen LogP contribution in [0.25, 0.3) is 0 Å². The van der Waals surface area contributed by atoms with Crippen molar-refractivity contribution in [3.05, 3.63) is 54.1 Å². The zero-order valence-electron chi connectivity index (χ0n) is 9.68. The Labute approximate surface area is 103 Å². The van der Waals surface area contributed by atoms with Crippen molar-refractivity contribution in [3.63, 3.8) is 0 Å². The Hall–Kier alpha value is -2.43. The van der Waals surface area contributed by atoms with E-state index in [1.54, 1.807) is 31.4 Å². The van der Waals surface area contributed by atoms with Crippen molar-refractivity contribution >= 4 is 11.6 Å². The van der Waals surface area contributed by atoms with Crippen molar-refractivity contribution in [2.24, 2.45) is 0 Å². The van der Waals surface area contributed by atoms with Crippen LogP contribution in [0.1, 0.15) is 10.4 Å². The maximum atomic E-state index is 13.3. The van der Waals surface area contributed by atoms with Crippen LogP contribution in [0.15, 0.2) is 42.6 Å². The highest BCUT2D eigenvalue weighted by atomic mass is 19.1. The van der Waals surface area contributed by atoms with E-state index in [0.717, 1.165) is 0 Å². The van der Waals surface area contributed by atoms with Crippen molar-refractivity contribution in [2.75, 3.05) is 12.4 Å². The minimum Gasteiger partial charge on any atom is -0.497 e. The molecular formula is C13H11FN2O2. The molecule has 4 nitrogen and oxygen atoms in total. The molecule has 1 aromatic carbocycles. The van der Waals surface area contributed by atoms with Crippen LogP contribution in [-0.4, -0.2) is 18.0 Å². The summed E-state index contributed by atoms with van der Waals surface area (Å²) in [6.45, 7) is 0. The highest BCUT2D eigenvalue weighted by molar-refractivity contribution is 6.04. The summed E-state index contributed by atoms with van der Waals surface area (Å²) in [7, 11) is 1.55. The maximum Gasteiger partial charge on any atom is 0.260 e. The van der Waals surface area contributed by atoms with Crippen molar-refractivity contribution in [1.29, 1.82) is 0 Å². The summed E-state index contributed by atoms with van der Waals surface area (Å²) >= 11 is 0. The van der Waals surface area contributed by atoms with E-state index < -0.39 is 11.9 Å². The van der Waals surface area contributed by atoms with Gasteiger partial charge in [0.15, 0.2) is 0 Å². The molecule has 0 saturated heterocycles. The molecule has 0 aliphatic rings. The smallest absolute Gasteiger partial charge is 0.260 e. The van der Waals surface area contributed by atoms with Crippen LogP contribution in [0.3, 0.4) is 0 Å². The predicted octanol–water partition coefficient (Wildman–Crippen LogP) is 2.48. The summed E-state index contributed by atoms with van der Waals surface area (Å²) in [5.74, 6) is -0.644. The summed E-state index contributed by atoms with van der Waals surface area (Å²) in [5.41, 5.74) is 0.470. The van der Waals surface area contributed by atoms with E-state index >= 15 is 0 Å². The number of methoxy groups -OCH3 is 1. The lowest BCUT2D eigenvalue weighted by molar-refractivity contribution is 0.102. The van der Waals surface area contributed by atoms with Gasteiger partial charge in [-0.15, -0.1) is 0 Å². The summed E-state index contributed by atoms with van der Waals surface area (Å²) in [6.07, 6.45) is 1.29. The monoisotopic (exact) mass is 246 g/mol. The number of halogens is 1. The number of benzene rings is 1. The van der Waals surface area contributed by atoms with Gasteiger partial charge in [-0.3, -0.25) is 4.79 Å². The van der Waals surface area contributed by atoms with E-state index in [9.17, 15) is 9.18 Å². The lowest BCUT2D eigenvalue weighted by Gasteiger charge is -2.06. The molecule has 0 atom stereocenters. The van der Waals surface area contributed by atoms with Crippen LogP contribution in [0.2, 0.25) is 0 Å². The molecule has 18 heavy (non-hydrogen) atoms. The van der Waals surface area contributed by atoms with Crippen LogP contribution in [-0.2, 0) is 0 Å². The molecule has 92 valence electrons. The van der Waals surface area contributed by atoms with Crippen LogP contribution in [0, 0.1) is 5.95 Å². The Kier molecular flexibility index (Phi) is 3.52. The summed E-state index contributed by atoms with van der Waals surface area (Å²) in [6, 6.07) is 9.63. The number of hydrogen-bond donors (Lipinski definition) is 1. The van der Waals surface area contributed by atoms with E-state index in [1.807, 2.05) is 0 Å². The largest absolute Gasteiger partial charge is 0.497 e. The van der Waals surface area contributed by atoms with Crippen molar-refractivity contribution in [2.45, 2.75) is 0 Å². The number of carbonyl (C=O) groups excluding carboxylic acids is 1. The molecular weight excluding hydrogens is 235 g/mol. The lowest BCUT2D eigenvalue weighted by atomic mass is 10.2. The van der Waals surface area contributed by atoms with Crippen molar-refractivity contribution < 1.29 is 13.9 Å². The Morgan fingerprint density at radius 2 is 2.00 bits per heavy atom. The van der Waals surface area contributed by atoms with Gasteiger partial charge < -0.3 is 10.1 Å². The minimum absolute atomic E-state index is 0.0895. The zero-order chi connectivity index (χ0) is 13.0. The fraction of sp³-hybridized carbons (Fsp3) is 0.0769. The number of amides is 1. The molecule has 0 fully saturated rings. The quantitative estimate of drug-likeness (QED) is 0.846. The third kappa shape index (κ3) is 2.63. The molecule has 0 unspecified atom stereocenters. The van der Waals surface area contributed by atoms with Crippen molar-refractivity contribution in [3.8, 4) is 5.75 Å². The molecule has 2 aromatic rings. The zero-order valence-corrected chi connectivity index (χ0v) is 9.68. The van der Waals surface area contributed by atoms with Gasteiger partial charge in [0.25, 0.3) is 5.91 Å². The molecule has 0 saturated carbocycles. The number of hydrogen-bond acceptors (Lipinski definition) is 3. The predicted molar refractivity (Wildman–Crippen MR) is 65.1 cm³/mol. The van der Waals surface area contributed by atoms with Crippen LogP contribution >= 0.6 is 0 Å². The first-order valence-electron chi connectivity index (χ1n) is 5.26. The molecule has 2 rings (SSSR count). The molecule has 0 aliphatic heterocycles. The van der Waals surface area contributed by atoms with E-state index in [4.69, 9.17) is 4.74 Å². The Balaban J connectivity index is 2.14. The maximum absolute atomic E-state index is 13.3. The molecule has 1 aromatic heterocycles. The first-order valence-corrected chi connectivity index (χ1v) is 5.26. The summed E-state index contributed by atoms with van der Waals surface area (Å²) in [5, 5.41) is 2.58. The minimum atomic E-state index is -0.788. The second-order valence-electron chi connectivity index (χ2n) is 3.52. The van der Waals surface area contributed by atoms with E-state index in [2.05, 4.69) is 10.3 Å². The van der Waals surface area contributed by atoms with Gasteiger partial charge in [-0.2, -0.15) is 4.39 Å². The molecule has 5 heteroatoms. The average molecular weight is 246 g/mol. The molecule has 1 N–H and O–H groups in total. The Morgan fingerprint density at radius 3 is 2.61 bits per heavy atom. The number of aromatic nitrogens is 1. The summed E-state index contributed by atoms with van der Waals surface area (Å²) < 4.78 is 18.3. The van der Waals surface area contributed by atoms with Gasteiger partial charge in [-0.05, 0) is 36.4 Å². The molecule has 1 heterocycles. The molecule has 0 spiro atoms. The molecule has 0 radical (unpaired) electrons. The Morgan fingerprint density at radius 1 is 1.28 bits per heavy atom. The first-order chi connectivity index (χ1) is 8.70. The fourth-order valence-corrected chi connectivity index (χ4v) is 1.43. The van der Waals surface area contributed by atoms with Gasteiger partial charge in [0.2, 0.25) is 5.95 Å². The standard InChI is InChI=1S/C13H11FN2O2/c1-18-10-6-4-9(5-7-10)16-13(17)11-3-2-8-15-12(11)14/h2-8H,1H3,(H,16,17). The summed E-state index contributed by atoms with van der Waals surface area (Å²) in [4.78, 5) is 15.2. The van der Waals surface area contributed by atoms with Gasteiger partial charge in [-0.25, -0.2) is 4.98 Å². The number of nitrogens with one attached hydrogen (secondary N) is 1. The Bertz CT molecular complexity index is 555. The number of nitrogens with zero attached hydrogens (tertiary/aromatic N) is 1. The topological polar surface area (TPSA) is 51.2 Å². The van der Waals surface area contributed by atoms with E-state index in [0.29, 0.717) is 11.4 Å². The molecule has 1 amide bonds. The number of anilines is 1. The van der Waals surface area contributed by atoms with E-state index in [-0.39, 0.29) is 5.56 Å². The average Bonchev–Trinajstić information content (AvgIpc) is 2.40. The SMILES string of the molecule is COc1ccc(NC(=O)c2cccnc2F)cc1. The third-order valence-electron chi connectivity index (χ3n) is 2.35. The van der Waals surface area contributed by atoms with Gasteiger partial charge in [0, 0.05) is 11.9 Å². The molecule has 0 aliphatic carbocycles. The number of pyridine rings is 1. The van der Waals surface area contributed by atoms with Crippen LogP contribution < -0.4 is 10.1 Å². The van der Waals surface area contributed by atoms with E-state index in [1.165, 1.54) is 18.3 Å². The normalized spacial score (nSPS) is 9.89.